The van der Waals surface area contributed by atoms with Gasteiger partial charge in [0, 0.05) is 34.1 Å². The van der Waals surface area contributed by atoms with Gasteiger partial charge in [0.05, 0.1) is 0 Å². The number of carbonyl (C=O) groups excluding carboxylic acids is 2. The van der Waals surface area contributed by atoms with Gasteiger partial charge in [-0.1, -0.05) is 43.0 Å². The maximum atomic E-state index is 12.4. The van der Waals surface area contributed by atoms with Crippen molar-refractivity contribution in [1.29, 1.82) is 0 Å². The van der Waals surface area contributed by atoms with Crippen LogP contribution in [0.15, 0.2) is 18.2 Å². The average molecular weight is 385 g/mol. The zero-order valence-corrected chi connectivity index (χ0v) is 16.1. The number of rotatable bonds is 7. The van der Waals surface area contributed by atoms with Crippen molar-refractivity contribution in [3.05, 3.63) is 28.2 Å². The number of anilines is 1. The van der Waals surface area contributed by atoms with Gasteiger partial charge in [-0.2, -0.15) is 0 Å². The number of amides is 2. The zero-order valence-electron chi connectivity index (χ0n) is 14.6. The molecule has 1 aliphatic carbocycles. The summed E-state index contributed by atoms with van der Waals surface area (Å²) >= 11 is 11.9. The van der Waals surface area contributed by atoms with Crippen LogP contribution in [0.2, 0.25) is 10.0 Å². The molecule has 0 atom stereocenters. The van der Waals surface area contributed by atoms with Gasteiger partial charge < -0.3 is 10.6 Å². The number of unbranched alkanes of at least 4 members (excludes halogenated alkanes) is 2. The molecule has 138 valence electrons. The van der Waals surface area contributed by atoms with E-state index in [2.05, 4.69) is 17.6 Å². The van der Waals surface area contributed by atoms with E-state index in [-0.39, 0.29) is 23.7 Å². The van der Waals surface area contributed by atoms with E-state index < -0.39 is 0 Å². The second-order valence-electron chi connectivity index (χ2n) is 6.69. The Morgan fingerprint density at radius 3 is 2.08 bits per heavy atom. The van der Waals surface area contributed by atoms with Crippen molar-refractivity contribution < 1.29 is 9.59 Å². The quantitative estimate of drug-likeness (QED) is 0.646. The molecule has 1 fully saturated rings. The van der Waals surface area contributed by atoms with Crippen LogP contribution in [0.3, 0.4) is 0 Å². The minimum atomic E-state index is -0.0677. The Balaban J connectivity index is 1.77. The Bertz CT molecular complexity index is 579. The predicted octanol–water partition coefficient (Wildman–Crippen LogP) is 5.04. The fourth-order valence-corrected chi connectivity index (χ4v) is 3.75. The van der Waals surface area contributed by atoms with E-state index >= 15 is 0 Å². The Hall–Kier alpha value is -1.26. The smallest absolute Gasteiger partial charge is 0.227 e. The van der Waals surface area contributed by atoms with Crippen LogP contribution in [0.4, 0.5) is 5.69 Å². The molecule has 1 saturated carbocycles. The molecule has 1 aromatic carbocycles. The molecular weight excluding hydrogens is 359 g/mol. The van der Waals surface area contributed by atoms with E-state index in [0.717, 1.165) is 51.5 Å². The largest absolute Gasteiger partial charge is 0.356 e. The second-order valence-corrected chi connectivity index (χ2v) is 7.57. The lowest BCUT2D eigenvalue weighted by atomic mass is 9.81. The molecule has 1 aliphatic rings. The number of benzene rings is 1. The lowest BCUT2D eigenvalue weighted by Gasteiger charge is -2.27. The topological polar surface area (TPSA) is 58.2 Å². The van der Waals surface area contributed by atoms with Crippen LogP contribution in [-0.2, 0) is 9.59 Å². The van der Waals surface area contributed by atoms with Gasteiger partial charge in [-0.05, 0) is 50.3 Å². The van der Waals surface area contributed by atoms with Crippen molar-refractivity contribution in [2.75, 3.05) is 11.9 Å². The zero-order chi connectivity index (χ0) is 18.2. The van der Waals surface area contributed by atoms with Gasteiger partial charge in [0.1, 0.15) is 0 Å². The SMILES string of the molecule is CCCCCNC(=O)C1CCC(C(=O)Nc2cc(Cl)cc(Cl)c2)CC1. The van der Waals surface area contributed by atoms with Gasteiger partial charge in [0.2, 0.25) is 11.8 Å². The minimum Gasteiger partial charge on any atom is -0.356 e. The number of hydrogen-bond acceptors (Lipinski definition) is 2. The van der Waals surface area contributed by atoms with Crippen molar-refractivity contribution in [2.45, 2.75) is 51.9 Å². The first kappa shape index (κ1) is 20.1. The third-order valence-electron chi connectivity index (χ3n) is 4.68. The first-order valence-corrected chi connectivity index (χ1v) is 9.80. The van der Waals surface area contributed by atoms with Crippen LogP contribution >= 0.6 is 23.2 Å². The molecule has 2 amide bonds. The molecule has 0 heterocycles. The number of halogens is 2. The number of carbonyl (C=O) groups is 2. The summed E-state index contributed by atoms with van der Waals surface area (Å²) < 4.78 is 0. The fourth-order valence-electron chi connectivity index (χ4n) is 3.22. The van der Waals surface area contributed by atoms with Crippen molar-refractivity contribution in [3.8, 4) is 0 Å². The van der Waals surface area contributed by atoms with Gasteiger partial charge in [-0.3, -0.25) is 9.59 Å². The molecule has 0 bridgehead atoms. The highest BCUT2D eigenvalue weighted by Gasteiger charge is 2.29. The molecule has 0 radical (unpaired) electrons. The molecule has 0 saturated heterocycles. The Labute approximate surface area is 159 Å². The lowest BCUT2D eigenvalue weighted by molar-refractivity contribution is -0.128. The van der Waals surface area contributed by atoms with Gasteiger partial charge in [0.25, 0.3) is 0 Å². The summed E-state index contributed by atoms with van der Waals surface area (Å²) in [5.41, 5.74) is 0.610. The summed E-state index contributed by atoms with van der Waals surface area (Å²) in [6.07, 6.45) is 6.29. The normalized spacial score (nSPS) is 20.1. The first-order chi connectivity index (χ1) is 12.0. The fraction of sp³-hybridized carbons (Fsp3) is 0.579. The molecule has 0 unspecified atom stereocenters. The number of hydrogen-bond donors (Lipinski definition) is 2. The van der Waals surface area contributed by atoms with E-state index in [9.17, 15) is 9.59 Å². The molecule has 1 aromatic rings. The van der Waals surface area contributed by atoms with Gasteiger partial charge in [-0.25, -0.2) is 0 Å². The highest BCUT2D eigenvalue weighted by Crippen LogP contribution is 2.30. The highest BCUT2D eigenvalue weighted by atomic mass is 35.5. The number of nitrogens with one attached hydrogen (secondary N) is 2. The second kappa shape index (κ2) is 10.0. The average Bonchev–Trinajstić information content (AvgIpc) is 2.57. The van der Waals surface area contributed by atoms with Crippen LogP contribution in [-0.4, -0.2) is 18.4 Å². The molecule has 0 aliphatic heterocycles. The Morgan fingerprint density at radius 2 is 1.52 bits per heavy atom. The van der Waals surface area contributed by atoms with Crippen LogP contribution in [0.25, 0.3) is 0 Å². The van der Waals surface area contributed by atoms with Crippen molar-refractivity contribution in [1.82, 2.24) is 5.32 Å². The monoisotopic (exact) mass is 384 g/mol. The third-order valence-corrected chi connectivity index (χ3v) is 5.11. The van der Waals surface area contributed by atoms with E-state index in [1.54, 1.807) is 18.2 Å². The molecule has 4 nitrogen and oxygen atoms in total. The molecule has 0 spiro atoms. The van der Waals surface area contributed by atoms with Crippen LogP contribution in [0.1, 0.15) is 51.9 Å². The Morgan fingerprint density at radius 1 is 0.960 bits per heavy atom. The van der Waals surface area contributed by atoms with E-state index in [4.69, 9.17) is 23.2 Å². The molecular formula is C19H26Cl2N2O2. The first-order valence-electron chi connectivity index (χ1n) is 9.04. The standard InChI is InChI=1S/C19H26Cl2N2O2/c1-2-3-4-9-22-18(24)13-5-7-14(8-6-13)19(25)23-17-11-15(20)10-16(21)12-17/h10-14H,2-9H2,1H3,(H,22,24)(H,23,25). The van der Waals surface area contributed by atoms with E-state index in [1.165, 1.54) is 0 Å². The summed E-state index contributed by atoms with van der Waals surface area (Å²) in [5, 5.41) is 6.88. The molecule has 6 heteroatoms. The Kier molecular flexibility index (Phi) is 8.04. The summed E-state index contributed by atoms with van der Waals surface area (Å²) in [6, 6.07) is 4.99. The van der Waals surface area contributed by atoms with Crippen molar-refractivity contribution in [2.24, 2.45) is 11.8 Å². The molecule has 2 rings (SSSR count). The maximum Gasteiger partial charge on any atom is 0.227 e. The summed E-state index contributed by atoms with van der Waals surface area (Å²) in [4.78, 5) is 24.6. The van der Waals surface area contributed by atoms with E-state index in [0.29, 0.717) is 15.7 Å². The van der Waals surface area contributed by atoms with Crippen LogP contribution in [0.5, 0.6) is 0 Å². The predicted molar refractivity (Wildman–Crippen MR) is 103 cm³/mol. The summed E-state index contributed by atoms with van der Waals surface area (Å²) in [5.74, 6) is 0.0740. The molecule has 0 aromatic heterocycles. The highest BCUT2D eigenvalue weighted by molar-refractivity contribution is 6.35. The van der Waals surface area contributed by atoms with Crippen LogP contribution in [0, 0.1) is 11.8 Å². The van der Waals surface area contributed by atoms with Crippen LogP contribution < -0.4 is 10.6 Å². The molecule has 25 heavy (non-hydrogen) atoms. The van der Waals surface area contributed by atoms with Crippen molar-refractivity contribution in [3.63, 3.8) is 0 Å². The van der Waals surface area contributed by atoms with Crippen molar-refractivity contribution >= 4 is 40.7 Å². The summed E-state index contributed by atoms with van der Waals surface area (Å²) in [6.45, 7) is 2.90. The third kappa shape index (κ3) is 6.52. The summed E-state index contributed by atoms with van der Waals surface area (Å²) in [7, 11) is 0. The van der Waals surface area contributed by atoms with Gasteiger partial charge >= 0.3 is 0 Å². The molecule has 2 N–H and O–H groups in total. The van der Waals surface area contributed by atoms with Gasteiger partial charge in [-0.15, -0.1) is 0 Å². The maximum absolute atomic E-state index is 12.4. The van der Waals surface area contributed by atoms with Gasteiger partial charge in [0.15, 0.2) is 0 Å². The lowest BCUT2D eigenvalue weighted by Crippen LogP contribution is -2.35. The minimum absolute atomic E-state index is 0.0277. The van der Waals surface area contributed by atoms with E-state index in [1.807, 2.05) is 0 Å².